The first-order valence-electron chi connectivity index (χ1n) is 10.2. The van der Waals surface area contributed by atoms with E-state index in [4.69, 9.17) is 28.6 Å². The van der Waals surface area contributed by atoms with Crippen molar-refractivity contribution in [3.8, 4) is 5.69 Å². The largest absolute Gasteiger partial charge is 0.376 e. The van der Waals surface area contributed by atoms with E-state index in [0.29, 0.717) is 5.02 Å². The molecule has 1 N–H and O–H groups in total. The molecule has 30 heavy (non-hydrogen) atoms. The van der Waals surface area contributed by atoms with Crippen LogP contribution in [0.3, 0.4) is 0 Å². The lowest BCUT2D eigenvalue weighted by Gasteiger charge is -2.30. The van der Waals surface area contributed by atoms with Crippen LogP contribution in [-0.4, -0.2) is 38.8 Å². The van der Waals surface area contributed by atoms with Crippen molar-refractivity contribution in [2.45, 2.75) is 31.0 Å². The summed E-state index contributed by atoms with van der Waals surface area (Å²) in [6.07, 6.45) is 6.27. The van der Waals surface area contributed by atoms with E-state index in [0.717, 1.165) is 48.2 Å². The highest BCUT2D eigenvalue weighted by Crippen LogP contribution is 2.40. The van der Waals surface area contributed by atoms with E-state index in [-0.39, 0.29) is 18.2 Å². The number of benzene rings is 1. The van der Waals surface area contributed by atoms with Crippen molar-refractivity contribution in [2.75, 3.05) is 13.2 Å². The first-order valence-corrected chi connectivity index (χ1v) is 11.0. The molecule has 5 rings (SSSR count). The molecular formula is C23H23ClN4OS. The highest BCUT2D eigenvalue weighted by Gasteiger charge is 2.42. The summed E-state index contributed by atoms with van der Waals surface area (Å²) in [4.78, 5) is 6.89. The van der Waals surface area contributed by atoms with Crippen LogP contribution in [0.5, 0.6) is 0 Å². The third-order valence-corrected chi connectivity index (χ3v) is 6.38. The third-order valence-electron chi connectivity index (χ3n) is 5.79. The summed E-state index contributed by atoms with van der Waals surface area (Å²) >= 11 is 12.1. The van der Waals surface area contributed by atoms with Gasteiger partial charge in [0.15, 0.2) is 5.11 Å². The van der Waals surface area contributed by atoms with Gasteiger partial charge in [0.25, 0.3) is 0 Å². The number of thiocarbonyl (C=S) groups is 1. The first-order chi connectivity index (χ1) is 14.7. The summed E-state index contributed by atoms with van der Waals surface area (Å²) < 4.78 is 8.12. The monoisotopic (exact) mass is 438 g/mol. The van der Waals surface area contributed by atoms with Crippen molar-refractivity contribution in [3.63, 3.8) is 0 Å². The normalized spacial score (nSPS) is 23.7. The number of hydrogen-bond donors (Lipinski definition) is 1. The predicted molar refractivity (Wildman–Crippen MR) is 122 cm³/mol. The molecule has 2 saturated heterocycles. The van der Waals surface area contributed by atoms with Gasteiger partial charge in [0, 0.05) is 41.9 Å². The molecule has 3 atom stereocenters. The molecule has 7 heteroatoms. The molecule has 0 aliphatic carbocycles. The number of rotatable bonds is 5. The molecule has 0 spiro atoms. The zero-order chi connectivity index (χ0) is 20.5. The lowest BCUT2D eigenvalue weighted by atomic mass is 10.0. The van der Waals surface area contributed by atoms with Gasteiger partial charge in [-0.05, 0) is 67.5 Å². The second kappa shape index (κ2) is 8.38. The smallest absolute Gasteiger partial charge is 0.170 e. The molecule has 154 valence electrons. The fourth-order valence-corrected chi connectivity index (χ4v) is 4.93. The fraction of sp³-hybridized carbons (Fsp3) is 0.304. The Balaban J connectivity index is 1.57. The Bertz CT molecular complexity index is 1030. The molecule has 0 radical (unpaired) electrons. The zero-order valence-electron chi connectivity index (χ0n) is 16.4. The molecule has 2 aliphatic rings. The fourth-order valence-electron chi connectivity index (χ4n) is 4.43. The summed E-state index contributed by atoms with van der Waals surface area (Å²) in [5, 5.41) is 4.98. The Morgan fingerprint density at radius 3 is 2.87 bits per heavy atom. The van der Waals surface area contributed by atoms with Gasteiger partial charge in [0.1, 0.15) is 0 Å². The Morgan fingerprint density at radius 1 is 1.17 bits per heavy atom. The maximum absolute atomic E-state index is 6.28. The lowest BCUT2D eigenvalue weighted by Crippen LogP contribution is -2.36. The van der Waals surface area contributed by atoms with E-state index in [9.17, 15) is 0 Å². The first kappa shape index (κ1) is 19.5. The van der Waals surface area contributed by atoms with E-state index in [1.807, 2.05) is 36.5 Å². The van der Waals surface area contributed by atoms with Crippen LogP contribution >= 0.6 is 23.8 Å². The number of halogens is 1. The lowest BCUT2D eigenvalue weighted by molar-refractivity contribution is 0.0836. The summed E-state index contributed by atoms with van der Waals surface area (Å²) in [6, 6.07) is 18.1. The van der Waals surface area contributed by atoms with Crippen LogP contribution < -0.4 is 5.32 Å². The van der Waals surface area contributed by atoms with Crippen molar-refractivity contribution in [3.05, 3.63) is 83.4 Å². The summed E-state index contributed by atoms with van der Waals surface area (Å²) in [7, 11) is 0. The molecule has 2 aliphatic heterocycles. The Hall–Kier alpha value is -2.41. The zero-order valence-corrected chi connectivity index (χ0v) is 18.0. The molecule has 4 heterocycles. The maximum Gasteiger partial charge on any atom is 0.170 e. The maximum atomic E-state index is 6.28. The molecular weight excluding hydrogens is 416 g/mol. The second-order valence-corrected chi connectivity index (χ2v) is 8.52. The number of pyridine rings is 1. The summed E-state index contributed by atoms with van der Waals surface area (Å²) in [6.45, 7) is 1.59. The molecule has 0 amide bonds. The minimum Gasteiger partial charge on any atom is -0.376 e. The van der Waals surface area contributed by atoms with Gasteiger partial charge in [-0.2, -0.15) is 0 Å². The number of aromatic nitrogens is 2. The average molecular weight is 439 g/mol. The standard InChI is InChI=1S/C23H23ClN4OS/c24-16-6-3-7-17(14-16)27-12-4-10-20(27)22-21(19-9-1-2-11-25-19)26-23(30)28(22)15-18-8-5-13-29-18/h1-4,6-7,9-12,14,18,21-22H,5,8,13,15H2,(H,26,30)/t18-,21+,22+/m0/s1. The van der Waals surface area contributed by atoms with Crippen molar-refractivity contribution >= 4 is 28.9 Å². The van der Waals surface area contributed by atoms with Crippen molar-refractivity contribution in [1.82, 2.24) is 19.8 Å². The molecule has 0 unspecified atom stereocenters. The Labute approximate surface area is 186 Å². The molecule has 5 nitrogen and oxygen atoms in total. The van der Waals surface area contributed by atoms with Gasteiger partial charge in [-0.3, -0.25) is 4.98 Å². The van der Waals surface area contributed by atoms with E-state index >= 15 is 0 Å². The molecule has 2 aromatic heterocycles. The topological polar surface area (TPSA) is 42.3 Å². The Kier molecular flexibility index (Phi) is 5.46. The van der Waals surface area contributed by atoms with Crippen LogP contribution in [0, 0.1) is 0 Å². The predicted octanol–water partition coefficient (Wildman–Crippen LogP) is 4.68. The van der Waals surface area contributed by atoms with Gasteiger partial charge < -0.3 is 19.5 Å². The third kappa shape index (κ3) is 3.71. The molecule has 3 aromatic rings. The SMILES string of the molecule is S=C1N[C@H](c2ccccn2)[C@@H](c2cccn2-c2cccc(Cl)c2)N1C[C@@H]1CCCO1. The number of nitrogens with one attached hydrogen (secondary N) is 1. The quantitative estimate of drug-likeness (QED) is 0.586. The van der Waals surface area contributed by atoms with Crippen molar-refractivity contribution in [1.29, 1.82) is 0 Å². The van der Waals surface area contributed by atoms with E-state index in [1.165, 1.54) is 0 Å². The van der Waals surface area contributed by atoms with Gasteiger partial charge >= 0.3 is 0 Å². The highest BCUT2D eigenvalue weighted by atomic mass is 35.5. The minimum absolute atomic E-state index is 0.00872. The van der Waals surface area contributed by atoms with Gasteiger partial charge in [0.2, 0.25) is 0 Å². The van der Waals surface area contributed by atoms with Gasteiger partial charge in [-0.25, -0.2) is 0 Å². The minimum atomic E-state index is -0.0482. The molecule has 0 bridgehead atoms. The van der Waals surface area contributed by atoms with Crippen LogP contribution in [0.25, 0.3) is 5.69 Å². The summed E-state index contributed by atoms with van der Waals surface area (Å²) in [5.74, 6) is 0. The van der Waals surface area contributed by atoms with Crippen LogP contribution in [0.15, 0.2) is 67.0 Å². The second-order valence-electron chi connectivity index (χ2n) is 7.70. The van der Waals surface area contributed by atoms with Gasteiger partial charge in [0.05, 0.1) is 23.9 Å². The summed E-state index contributed by atoms with van der Waals surface area (Å²) in [5.41, 5.74) is 3.13. The highest BCUT2D eigenvalue weighted by molar-refractivity contribution is 7.80. The van der Waals surface area contributed by atoms with Crippen LogP contribution in [0.1, 0.15) is 36.3 Å². The Morgan fingerprint density at radius 2 is 2.10 bits per heavy atom. The van der Waals surface area contributed by atoms with Crippen LogP contribution in [0.2, 0.25) is 5.02 Å². The molecule has 1 aromatic carbocycles. The average Bonchev–Trinajstić information content (AvgIpc) is 3.50. The van der Waals surface area contributed by atoms with Gasteiger partial charge in [-0.15, -0.1) is 0 Å². The van der Waals surface area contributed by atoms with Gasteiger partial charge in [-0.1, -0.05) is 23.7 Å². The van der Waals surface area contributed by atoms with Crippen LogP contribution in [-0.2, 0) is 4.74 Å². The number of nitrogens with zero attached hydrogens (tertiary/aromatic N) is 3. The number of hydrogen-bond acceptors (Lipinski definition) is 3. The van der Waals surface area contributed by atoms with E-state index in [1.54, 1.807) is 0 Å². The van der Waals surface area contributed by atoms with Crippen LogP contribution in [0.4, 0.5) is 0 Å². The van der Waals surface area contributed by atoms with Crippen molar-refractivity contribution < 1.29 is 4.74 Å². The van der Waals surface area contributed by atoms with Crippen molar-refractivity contribution in [2.24, 2.45) is 0 Å². The molecule has 2 fully saturated rings. The van der Waals surface area contributed by atoms with E-state index < -0.39 is 0 Å². The van der Waals surface area contributed by atoms with E-state index in [2.05, 4.69) is 50.2 Å². The molecule has 0 saturated carbocycles. The number of ether oxygens (including phenoxy) is 1.